The van der Waals surface area contributed by atoms with E-state index in [1.54, 1.807) is 0 Å². The van der Waals surface area contributed by atoms with E-state index in [4.69, 9.17) is 14.6 Å². The molecule has 0 saturated carbocycles. The number of rotatable bonds is 10. The van der Waals surface area contributed by atoms with Crippen molar-refractivity contribution in [3.8, 4) is 0 Å². The largest absolute Gasteiger partial charge is 0.481 e. The smallest absolute Gasteiger partial charge is 0.303 e. The van der Waals surface area contributed by atoms with Crippen molar-refractivity contribution < 1.29 is 28.7 Å². The summed E-state index contributed by atoms with van der Waals surface area (Å²) in [5, 5.41) is 11.4. The summed E-state index contributed by atoms with van der Waals surface area (Å²) in [7, 11) is 0.0802. The Morgan fingerprint density at radius 1 is 1.20 bits per heavy atom. The molecule has 0 bridgehead atoms. The number of carboxylic acid groups (broad SMARTS) is 1. The highest BCUT2D eigenvalue weighted by Gasteiger charge is 2.36. The Morgan fingerprint density at radius 3 is 2.45 bits per heavy atom. The molecule has 2 N–H and O–H groups in total. The number of nitrogens with one attached hydrogen (secondary N) is 1. The van der Waals surface area contributed by atoms with E-state index < -0.39 is 11.8 Å². The molecule has 1 amide bonds. The predicted molar refractivity (Wildman–Crippen MR) is 70.8 cm³/mol. The van der Waals surface area contributed by atoms with Crippen LogP contribution >= 0.6 is 8.46 Å². The van der Waals surface area contributed by atoms with E-state index >= 15 is 0 Å². The summed E-state index contributed by atoms with van der Waals surface area (Å²) in [4.78, 5) is 22.2. The topological polar surface area (TPSA) is 102 Å². The van der Waals surface area contributed by atoms with Crippen LogP contribution in [0, 0.1) is 0 Å². The first-order valence-corrected chi connectivity index (χ1v) is 7.63. The minimum absolute atomic E-state index is 0.0514. The first-order chi connectivity index (χ1) is 9.58. The molecule has 1 fully saturated rings. The number of aliphatic carboxylic acids is 1. The van der Waals surface area contributed by atoms with Crippen LogP contribution in [-0.4, -0.2) is 48.7 Å². The summed E-state index contributed by atoms with van der Waals surface area (Å²) in [6, 6.07) is 0. The number of hydrogen-bond donors (Lipinski definition) is 2. The Kier molecular flexibility index (Phi) is 7.65. The van der Waals surface area contributed by atoms with Gasteiger partial charge in [0.25, 0.3) is 0 Å². The van der Waals surface area contributed by atoms with Gasteiger partial charge in [0, 0.05) is 32.0 Å². The van der Waals surface area contributed by atoms with Gasteiger partial charge >= 0.3 is 5.97 Å². The van der Waals surface area contributed by atoms with Crippen molar-refractivity contribution in [3.05, 3.63) is 0 Å². The minimum Gasteiger partial charge on any atom is -0.481 e. The van der Waals surface area contributed by atoms with Crippen molar-refractivity contribution in [1.29, 1.82) is 0 Å². The second-order valence-electron chi connectivity index (χ2n) is 4.56. The average Bonchev–Trinajstić information content (AvgIpc) is 2.89. The van der Waals surface area contributed by atoms with Gasteiger partial charge in [-0.15, -0.1) is 0 Å². The third-order valence-electron chi connectivity index (χ3n) is 3.01. The third-order valence-corrected chi connectivity index (χ3v) is 3.51. The molecule has 1 rings (SSSR count). The number of amides is 1. The summed E-state index contributed by atoms with van der Waals surface area (Å²) < 4.78 is 21.2. The van der Waals surface area contributed by atoms with E-state index in [1.165, 1.54) is 0 Å². The van der Waals surface area contributed by atoms with Gasteiger partial charge in [-0.25, -0.2) is 0 Å². The van der Waals surface area contributed by atoms with E-state index in [0.717, 1.165) is 0 Å². The summed E-state index contributed by atoms with van der Waals surface area (Å²) in [6.07, 6.45) is 1.93. The Labute approximate surface area is 119 Å². The van der Waals surface area contributed by atoms with E-state index in [2.05, 4.69) is 5.32 Å². The highest BCUT2D eigenvalue weighted by atomic mass is 31.1. The van der Waals surface area contributed by atoms with Crippen LogP contribution in [0.25, 0.3) is 0 Å². The molecule has 1 aliphatic heterocycles. The third kappa shape index (κ3) is 6.41. The summed E-state index contributed by atoms with van der Waals surface area (Å²) in [5.74, 6) is -1.99. The molecule has 1 aliphatic rings. The SMILES string of the molecule is O=PCCCNC(=O)CCC1(CCC(=O)O)OCCO1. The van der Waals surface area contributed by atoms with E-state index in [-0.39, 0.29) is 33.6 Å². The molecule has 20 heavy (non-hydrogen) atoms. The molecule has 7 nitrogen and oxygen atoms in total. The van der Waals surface area contributed by atoms with Gasteiger partial charge in [-0.3, -0.25) is 14.2 Å². The van der Waals surface area contributed by atoms with Crippen molar-refractivity contribution in [2.45, 2.75) is 37.9 Å². The normalized spacial score (nSPS) is 17.2. The summed E-state index contributed by atoms with van der Waals surface area (Å²) in [5.41, 5.74) is 0. The fourth-order valence-corrected chi connectivity index (χ4v) is 2.26. The Hall–Kier alpha value is -1.04. The fraction of sp³-hybridized carbons (Fsp3) is 0.833. The average molecular weight is 305 g/mol. The van der Waals surface area contributed by atoms with Gasteiger partial charge in [0.1, 0.15) is 0 Å². The van der Waals surface area contributed by atoms with Crippen molar-refractivity contribution >= 4 is 20.3 Å². The van der Waals surface area contributed by atoms with Gasteiger partial charge in [-0.1, -0.05) is 0 Å². The molecule has 1 saturated heterocycles. The van der Waals surface area contributed by atoms with Crippen LogP contribution in [0.3, 0.4) is 0 Å². The van der Waals surface area contributed by atoms with Crippen molar-refractivity contribution in [1.82, 2.24) is 5.32 Å². The Morgan fingerprint density at radius 2 is 1.85 bits per heavy atom. The minimum atomic E-state index is -0.941. The first kappa shape index (κ1) is 17.0. The molecule has 0 aromatic carbocycles. The Bertz CT molecular complexity index is 343. The van der Waals surface area contributed by atoms with Gasteiger partial charge in [-0.05, 0) is 6.42 Å². The quantitative estimate of drug-likeness (QED) is 0.464. The molecule has 8 heteroatoms. The zero-order chi connectivity index (χ0) is 14.8. The molecule has 0 atom stereocenters. The summed E-state index contributed by atoms with van der Waals surface area (Å²) in [6.45, 7) is 1.32. The molecule has 0 aliphatic carbocycles. The van der Waals surface area contributed by atoms with Crippen molar-refractivity contribution in [2.75, 3.05) is 25.9 Å². The van der Waals surface area contributed by atoms with Gasteiger partial charge in [0.05, 0.1) is 19.6 Å². The lowest BCUT2D eigenvalue weighted by atomic mass is 10.0. The van der Waals surface area contributed by atoms with Crippen LogP contribution in [0.1, 0.15) is 32.1 Å². The lowest BCUT2D eigenvalue weighted by Gasteiger charge is -2.26. The van der Waals surface area contributed by atoms with Crippen LogP contribution in [0.4, 0.5) is 0 Å². The molecule has 114 valence electrons. The second kappa shape index (κ2) is 9.00. The fourth-order valence-electron chi connectivity index (χ4n) is 1.97. The zero-order valence-electron chi connectivity index (χ0n) is 11.3. The highest BCUT2D eigenvalue weighted by Crippen LogP contribution is 2.29. The maximum absolute atomic E-state index is 11.6. The van der Waals surface area contributed by atoms with Crippen molar-refractivity contribution in [2.24, 2.45) is 0 Å². The number of hydrogen-bond acceptors (Lipinski definition) is 5. The number of carbonyl (C=O) groups is 2. The molecule has 0 radical (unpaired) electrons. The highest BCUT2D eigenvalue weighted by molar-refractivity contribution is 7.23. The maximum Gasteiger partial charge on any atom is 0.303 e. The van der Waals surface area contributed by atoms with Crippen LogP contribution in [-0.2, 0) is 23.6 Å². The zero-order valence-corrected chi connectivity index (χ0v) is 12.2. The number of ether oxygens (including phenoxy) is 2. The number of carboxylic acids is 1. The molecular formula is C12H20NO6P. The van der Waals surface area contributed by atoms with Crippen LogP contribution < -0.4 is 5.32 Å². The van der Waals surface area contributed by atoms with E-state index in [1.807, 2.05) is 0 Å². The standard InChI is InChI=1S/C12H20NO6P/c14-10(13-6-1-9-20-17)2-4-12(5-3-11(15)16)18-7-8-19-12/h1-9H2,(H,13,14)(H,15,16). The molecule has 1 heterocycles. The van der Waals surface area contributed by atoms with Gasteiger partial charge in [-0.2, -0.15) is 0 Å². The molecular weight excluding hydrogens is 285 g/mol. The van der Waals surface area contributed by atoms with Crippen molar-refractivity contribution in [3.63, 3.8) is 0 Å². The lowest BCUT2D eigenvalue weighted by Crippen LogP contribution is -2.34. The molecule has 0 aromatic heterocycles. The molecule has 0 spiro atoms. The maximum atomic E-state index is 11.6. The second-order valence-corrected chi connectivity index (χ2v) is 5.26. The van der Waals surface area contributed by atoms with Gasteiger partial charge < -0.3 is 19.9 Å². The number of carbonyl (C=O) groups excluding carboxylic acids is 1. The van der Waals surface area contributed by atoms with E-state index in [0.29, 0.717) is 38.8 Å². The summed E-state index contributed by atoms with van der Waals surface area (Å²) >= 11 is 0. The van der Waals surface area contributed by atoms with Crippen LogP contribution in [0.2, 0.25) is 0 Å². The lowest BCUT2D eigenvalue weighted by molar-refractivity contribution is -0.174. The molecule has 0 aromatic rings. The molecule has 0 unspecified atom stereocenters. The first-order valence-electron chi connectivity index (χ1n) is 6.63. The van der Waals surface area contributed by atoms with Gasteiger partial charge in [0.2, 0.25) is 5.91 Å². The Balaban J connectivity index is 2.29. The van der Waals surface area contributed by atoms with Crippen LogP contribution in [0.15, 0.2) is 0 Å². The van der Waals surface area contributed by atoms with Gasteiger partial charge in [0.15, 0.2) is 14.2 Å². The monoisotopic (exact) mass is 305 g/mol. The predicted octanol–water partition coefficient (Wildman–Crippen LogP) is 1.17. The van der Waals surface area contributed by atoms with Crippen LogP contribution in [0.5, 0.6) is 0 Å². The van der Waals surface area contributed by atoms with E-state index in [9.17, 15) is 14.2 Å².